The second-order valence-electron chi connectivity index (χ2n) is 3.55. The van der Waals surface area contributed by atoms with Gasteiger partial charge in [-0.2, -0.15) is 5.26 Å². The largest absolute Gasteiger partial charge is 0.455 e. The van der Waals surface area contributed by atoms with E-state index in [0.29, 0.717) is 22.7 Å². The molecule has 0 heterocycles. The van der Waals surface area contributed by atoms with Crippen molar-refractivity contribution in [2.45, 2.75) is 0 Å². The lowest BCUT2D eigenvalue weighted by Crippen LogP contribution is -1.90. The van der Waals surface area contributed by atoms with Crippen LogP contribution in [0.25, 0.3) is 0 Å². The lowest BCUT2D eigenvalue weighted by molar-refractivity contribution is 0.477. The van der Waals surface area contributed by atoms with Gasteiger partial charge in [-0.1, -0.05) is 0 Å². The SMILES string of the molecule is N#Cc1ccc(Oc2cc(N)ccc2Br)c(Br)c1. The van der Waals surface area contributed by atoms with Crippen molar-refractivity contribution in [3.05, 3.63) is 50.9 Å². The molecule has 2 rings (SSSR count). The van der Waals surface area contributed by atoms with Crippen molar-refractivity contribution in [2.24, 2.45) is 0 Å². The topological polar surface area (TPSA) is 59.0 Å². The molecule has 0 fully saturated rings. The number of benzene rings is 2. The first-order valence-corrected chi connectivity index (χ1v) is 6.61. The van der Waals surface area contributed by atoms with Gasteiger partial charge in [0, 0.05) is 11.8 Å². The molecule has 0 aliphatic heterocycles. The molecule has 0 aromatic heterocycles. The fourth-order valence-corrected chi connectivity index (χ4v) is 2.16. The summed E-state index contributed by atoms with van der Waals surface area (Å²) in [6.07, 6.45) is 0. The fraction of sp³-hybridized carbons (Fsp3) is 0. The van der Waals surface area contributed by atoms with Gasteiger partial charge in [-0.05, 0) is 62.2 Å². The Kier molecular flexibility index (Phi) is 3.90. The maximum Gasteiger partial charge on any atom is 0.143 e. The molecule has 0 bridgehead atoms. The first kappa shape index (κ1) is 12.9. The number of rotatable bonds is 2. The molecule has 0 spiro atoms. The highest BCUT2D eigenvalue weighted by Gasteiger charge is 2.07. The van der Waals surface area contributed by atoms with Gasteiger partial charge in [0.05, 0.1) is 20.6 Å². The first-order chi connectivity index (χ1) is 8.60. The molecule has 2 N–H and O–H groups in total. The van der Waals surface area contributed by atoms with Crippen molar-refractivity contribution in [2.75, 3.05) is 5.73 Å². The number of ether oxygens (including phenoxy) is 1. The summed E-state index contributed by atoms with van der Waals surface area (Å²) in [6.45, 7) is 0. The highest BCUT2D eigenvalue weighted by molar-refractivity contribution is 9.11. The molecule has 3 nitrogen and oxygen atoms in total. The number of nitrogens with zero attached hydrogens (tertiary/aromatic N) is 1. The third kappa shape index (κ3) is 2.84. The predicted octanol–water partition coefficient (Wildman–Crippen LogP) is 4.46. The monoisotopic (exact) mass is 366 g/mol. The maximum absolute atomic E-state index is 8.79. The number of anilines is 1. The summed E-state index contributed by atoms with van der Waals surface area (Å²) in [7, 11) is 0. The van der Waals surface area contributed by atoms with Crippen molar-refractivity contribution in [1.29, 1.82) is 5.26 Å². The third-order valence-electron chi connectivity index (χ3n) is 2.24. The fourth-order valence-electron chi connectivity index (χ4n) is 1.37. The van der Waals surface area contributed by atoms with E-state index in [0.717, 1.165) is 8.95 Å². The van der Waals surface area contributed by atoms with Gasteiger partial charge in [0.2, 0.25) is 0 Å². The Morgan fingerprint density at radius 1 is 1.00 bits per heavy atom. The van der Waals surface area contributed by atoms with Crippen LogP contribution in [0.3, 0.4) is 0 Å². The summed E-state index contributed by atoms with van der Waals surface area (Å²) in [4.78, 5) is 0. The van der Waals surface area contributed by atoms with Crippen LogP contribution in [-0.4, -0.2) is 0 Å². The second-order valence-corrected chi connectivity index (χ2v) is 5.26. The Morgan fingerprint density at radius 3 is 2.44 bits per heavy atom. The van der Waals surface area contributed by atoms with Gasteiger partial charge in [-0.25, -0.2) is 0 Å². The minimum absolute atomic E-state index is 0.570. The van der Waals surface area contributed by atoms with E-state index < -0.39 is 0 Å². The molecule has 0 atom stereocenters. The minimum atomic E-state index is 0.570. The Bertz CT molecular complexity index is 635. The molecule has 0 aliphatic rings. The van der Waals surface area contributed by atoms with E-state index in [-0.39, 0.29) is 0 Å². The predicted molar refractivity (Wildman–Crippen MR) is 77.5 cm³/mol. The second kappa shape index (κ2) is 5.42. The summed E-state index contributed by atoms with van der Waals surface area (Å²) in [6, 6.07) is 12.5. The van der Waals surface area contributed by atoms with E-state index in [1.165, 1.54) is 0 Å². The van der Waals surface area contributed by atoms with E-state index in [4.69, 9.17) is 15.7 Å². The molecular formula is C13H8Br2N2O. The number of hydrogen-bond acceptors (Lipinski definition) is 3. The van der Waals surface area contributed by atoms with Crippen LogP contribution in [0, 0.1) is 11.3 Å². The van der Waals surface area contributed by atoms with Crippen molar-refractivity contribution in [3.8, 4) is 17.6 Å². The lowest BCUT2D eigenvalue weighted by Gasteiger charge is -2.10. The van der Waals surface area contributed by atoms with Crippen LogP contribution in [0.1, 0.15) is 5.56 Å². The molecule has 0 aliphatic carbocycles. The van der Waals surface area contributed by atoms with Gasteiger partial charge in [-0.3, -0.25) is 0 Å². The molecule has 0 saturated carbocycles. The average Bonchev–Trinajstić information content (AvgIpc) is 2.36. The van der Waals surface area contributed by atoms with Crippen LogP contribution >= 0.6 is 31.9 Å². The van der Waals surface area contributed by atoms with Crippen LogP contribution < -0.4 is 10.5 Å². The number of halogens is 2. The van der Waals surface area contributed by atoms with Crippen LogP contribution in [0.4, 0.5) is 5.69 Å². The lowest BCUT2D eigenvalue weighted by atomic mass is 10.2. The van der Waals surface area contributed by atoms with Crippen LogP contribution in [-0.2, 0) is 0 Å². The molecule has 0 unspecified atom stereocenters. The summed E-state index contributed by atoms with van der Waals surface area (Å²) >= 11 is 6.76. The Labute approximate surface area is 121 Å². The molecule has 2 aromatic rings. The van der Waals surface area contributed by atoms with Gasteiger partial charge >= 0.3 is 0 Å². The first-order valence-electron chi connectivity index (χ1n) is 5.02. The zero-order valence-corrected chi connectivity index (χ0v) is 12.3. The minimum Gasteiger partial charge on any atom is -0.455 e. The molecule has 2 aromatic carbocycles. The maximum atomic E-state index is 8.79. The normalized spacial score (nSPS) is 9.83. The van der Waals surface area contributed by atoms with E-state index in [1.54, 1.807) is 30.3 Å². The van der Waals surface area contributed by atoms with Crippen molar-refractivity contribution in [3.63, 3.8) is 0 Å². The zero-order chi connectivity index (χ0) is 13.1. The molecule has 5 heteroatoms. The van der Waals surface area contributed by atoms with Gasteiger partial charge in [0.25, 0.3) is 0 Å². The van der Waals surface area contributed by atoms with E-state index in [1.807, 2.05) is 6.07 Å². The van der Waals surface area contributed by atoms with E-state index >= 15 is 0 Å². The van der Waals surface area contributed by atoms with E-state index in [2.05, 4.69) is 37.9 Å². The van der Waals surface area contributed by atoms with Crippen molar-refractivity contribution < 1.29 is 4.74 Å². The number of nitriles is 1. The smallest absolute Gasteiger partial charge is 0.143 e. The third-order valence-corrected chi connectivity index (χ3v) is 3.51. The molecule has 0 saturated heterocycles. The highest BCUT2D eigenvalue weighted by atomic mass is 79.9. The summed E-state index contributed by atoms with van der Waals surface area (Å²) in [5.41, 5.74) is 6.90. The quantitative estimate of drug-likeness (QED) is 0.797. The number of nitrogens with two attached hydrogens (primary N) is 1. The summed E-state index contributed by atoms with van der Waals surface area (Å²) < 4.78 is 7.27. The van der Waals surface area contributed by atoms with Gasteiger partial charge in [-0.15, -0.1) is 0 Å². The standard InChI is InChI=1S/C13H8Br2N2O/c14-10-3-2-9(17)6-13(10)18-12-4-1-8(7-16)5-11(12)15/h1-6H,17H2. The number of hydrogen-bond donors (Lipinski definition) is 1. The molecule has 0 radical (unpaired) electrons. The summed E-state index contributed by atoms with van der Waals surface area (Å²) in [5.74, 6) is 1.25. The Morgan fingerprint density at radius 2 is 1.78 bits per heavy atom. The van der Waals surface area contributed by atoms with Gasteiger partial charge in [0.1, 0.15) is 11.5 Å². The highest BCUT2D eigenvalue weighted by Crippen LogP contribution is 2.35. The average molecular weight is 368 g/mol. The number of nitrogen functional groups attached to an aromatic ring is 1. The van der Waals surface area contributed by atoms with Crippen molar-refractivity contribution in [1.82, 2.24) is 0 Å². The molecular weight excluding hydrogens is 360 g/mol. The van der Waals surface area contributed by atoms with E-state index in [9.17, 15) is 0 Å². The Hall–Kier alpha value is -1.51. The van der Waals surface area contributed by atoms with Gasteiger partial charge in [0.15, 0.2) is 0 Å². The van der Waals surface area contributed by atoms with Crippen LogP contribution in [0.5, 0.6) is 11.5 Å². The molecule has 90 valence electrons. The van der Waals surface area contributed by atoms with Gasteiger partial charge < -0.3 is 10.5 Å². The zero-order valence-electron chi connectivity index (χ0n) is 9.15. The van der Waals surface area contributed by atoms with Crippen molar-refractivity contribution >= 4 is 37.5 Å². The van der Waals surface area contributed by atoms with Crippen LogP contribution in [0.15, 0.2) is 45.3 Å². The Balaban J connectivity index is 2.34. The molecule has 18 heavy (non-hydrogen) atoms. The van der Waals surface area contributed by atoms with Crippen LogP contribution in [0.2, 0.25) is 0 Å². The molecule has 0 amide bonds. The summed E-state index contributed by atoms with van der Waals surface area (Å²) in [5, 5.41) is 8.79.